The number of nitrogens with zero attached hydrogens (tertiary/aromatic N) is 3. The molecule has 5 nitrogen and oxygen atoms in total. The van der Waals surface area contributed by atoms with Crippen molar-refractivity contribution in [2.24, 2.45) is 0 Å². The lowest BCUT2D eigenvalue weighted by Crippen LogP contribution is -2.26. The number of carbonyl (C=O) groups is 1. The predicted molar refractivity (Wildman–Crippen MR) is 118 cm³/mol. The Hall–Kier alpha value is -3.87. The summed E-state index contributed by atoms with van der Waals surface area (Å²) in [5, 5.41) is 0. The lowest BCUT2D eigenvalue weighted by molar-refractivity contribution is 0.0601. The summed E-state index contributed by atoms with van der Waals surface area (Å²) in [6.45, 7) is 0.670. The first kappa shape index (κ1) is 20.1. The van der Waals surface area contributed by atoms with Crippen LogP contribution in [0.1, 0.15) is 22.3 Å². The highest BCUT2D eigenvalue weighted by atomic mass is 19.1. The van der Waals surface area contributed by atoms with E-state index < -0.39 is 5.97 Å². The fourth-order valence-electron chi connectivity index (χ4n) is 4.07. The molecule has 3 aromatic carbocycles. The summed E-state index contributed by atoms with van der Waals surface area (Å²) in [4.78, 5) is 23.7. The molecule has 0 bridgehead atoms. The first-order chi connectivity index (χ1) is 15.5. The molecule has 32 heavy (non-hydrogen) atoms. The molecule has 0 spiro atoms. The number of fused-ring (bicyclic) bond motifs is 2. The van der Waals surface area contributed by atoms with Crippen LogP contribution in [-0.2, 0) is 11.2 Å². The van der Waals surface area contributed by atoms with Gasteiger partial charge in [0, 0.05) is 17.8 Å². The molecule has 0 aliphatic carbocycles. The van der Waals surface area contributed by atoms with Crippen molar-refractivity contribution in [3.8, 4) is 11.3 Å². The van der Waals surface area contributed by atoms with Crippen LogP contribution in [-0.4, -0.2) is 29.6 Å². The second kappa shape index (κ2) is 8.00. The molecule has 0 unspecified atom stereocenters. The molecule has 0 saturated heterocycles. The molecule has 5 rings (SSSR count). The van der Waals surface area contributed by atoms with E-state index in [1.54, 1.807) is 42.5 Å². The maximum absolute atomic E-state index is 13.8. The zero-order chi connectivity index (χ0) is 22.2. The van der Waals surface area contributed by atoms with E-state index in [1.807, 2.05) is 4.90 Å². The Bertz CT molecular complexity index is 1340. The van der Waals surface area contributed by atoms with E-state index in [0.29, 0.717) is 40.2 Å². The molecule has 0 atom stereocenters. The van der Waals surface area contributed by atoms with Gasteiger partial charge in [-0.25, -0.2) is 23.5 Å². The summed E-state index contributed by atoms with van der Waals surface area (Å²) in [5.41, 5.74) is 4.55. The number of esters is 1. The largest absolute Gasteiger partial charge is 0.465 e. The van der Waals surface area contributed by atoms with E-state index in [-0.39, 0.29) is 11.6 Å². The summed E-state index contributed by atoms with van der Waals surface area (Å²) in [7, 11) is 1.32. The van der Waals surface area contributed by atoms with E-state index in [1.165, 1.54) is 25.3 Å². The first-order valence-electron chi connectivity index (χ1n) is 10.3. The van der Waals surface area contributed by atoms with Crippen LogP contribution in [0, 0.1) is 11.6 Å². The van der Waals surface area contributed by atoms with E-state index in [4.69, 9.17) is 14.7 Å². The number of hydrogen-bond acceptors (Lipinski definition) is 5. The number of hydrogen-bond donors (Lipinski definition) is 0. The summed E-state index contributed by atoms with van der Waals surface area (Å²) < 4.78 is 32.2. The van der Waals surface area contributed by atoms with Gasteiger partial charge in [0.1, 0.15) is 17.3 Å². The number of rotatable bonds is 3. The summed E-state index contributed by atoms with van der Waals surface area (Å²) >= 11 is 0. The van der Waals surface area contributed by atoms with Crippen LogP contribution in [0.3, 0.4) is 0 Å². The van der Waals surface area contributed by atoms with Crippen LogP contribution in [0.15, 0.2) is 60.7 Å². The lowest BCUT2D eigenvalue weighted by atomic mass is 10.0. The van der Waals surface area contributed by atoms with Crippen LogP contribution in [0.5, 0.6) is 0 Å². The minimum atomic E-state index is -0.461. The van der Waals surface area contributed by atoms with E-state index in [0.717, 1.165) is 24.1 Å². The Morgan fingerprint density at radius 2 is 1.72 bits per heavy atom. The molecule has 0 radical (unpaired) electrons. The van der Waals surface area contributed by atoms with Gasteiger partial charge in [0.25, 0.3) is 0 Å². The van der Waals surface area contributed by atoms with Crippen molar-refractivity contribution in [3.63, 3.8) is 0 Å². The molecular formula is C25H19F2N3O2. The van der Waals surface area contributed by atoms with Crippen molar-refractivity contribution >= 4 is 28.5 Å². The zero-order valence-electron chi connectivity index (χ0n) is 17.3. The molecule has 0 fully saturated rings. The fourth-order valence-corrected chi connectivity index (χ4v) is 4.07. The van der Waals surface area contributed by atoms with E-state index in [9.17, 15) is 13.6 Å². The summed E-state index contributed by atoms with van der Waals surface area (Å²) in [6, 6.07) is 15.8. The van der Waals surface area contributed by atoms with Gasteiger partial charge in [-0.3, -0.25) is 0 Å². The molecule has 2 heterocycles. The van der Waals surface area contributed by atoms with Crippen molar-refractivity contribution in [2.75, 3.05) is 18.6 Å². The van der Waals surface area contributed by atoms with Gasteiger partial charge in [-0.1, -0.05) is 0 Å². The van der Waals surface area contributed by atoms with Gasteiger partial charge < -0.3 is 9.64 Å². The fraction of sp³-hybridized carbons (Fsp3) is 0.160. The number of benzene rings is 3. The van der Waals surface area contributed by atoms with Crippen LogP contribution < -0.4 is 4.90 Å². The quantitative estimate of drug-likeness (QED) is 0.404. The average molecular weight is 431 g/mol. The lowest BCUT2D eigenvalue weighted by Gasteiger charge is -2.31. The number of carbonyl (C=O) groups excluding carboxylic acids is 1. The second-order valence-corrected chi connectivity index (χ2v) is 7.63. The highest BCUT2D eigenvalue weighted by molar-refractivity contribution is 5.95. The smallest absolute Gasteiger partial charge is 0.337 e. The maximum atomic E-state index is 13.8. The Morgan fingerprint density at radius 3 is 2.50 bits per heavy atom. The van der Waals surface area contributed by atoms with Gasteiger partial charge in [-0.05, 0) is 79.1 Å². The Balaban J connectivity index is 1.74. The number of aryl methyl sites for hydroxylation is 1. The molecule has 0 amide bonds. The summed E-state index contributed by atoms with van der Waals surface area (Å²) in [5.74, 6) is -0.516. The molecule has 1 aliphatic rings. The Kier molecular flexibility index (Phi) is 5.01. The molecule has 1 aromatic heterocycles. The zero-order valence-corrected chi connectivity index (χ0v) is 17.3. The van der Waals surface area contributed by atoms with E-state index >= 15 is 0 Å². The number of halogens is 2. The molecule has 4 aromatic rings. The monoisotopic (exact) mass is 431 g/mol. The minimum Gasteiger partial charge on any atom is -0.465 e. The topological polar surface area (TPSA) is 55.3 Å². The number of anilines is 2. The SMILES string of the molecule is COC(=O)c1ccc2nc(-c3ccc(F)cc3)c(N3CCCc4cc(F)ccc43)nc2c1. The predicted octanol–water partition coefficient (Wildman–Crippen LogP) is 5.45. The Morgan fingerprint density at radius 1 is 0.938 bits per heavy atom. The van der Waals surface area contributed by atoms with Crippen molar-refractivity contribution in [3.05, 3.63) is 83.4 Å². The second-order valence-electron chi connectivity index (χ2n) is 7.63. The summed E-state index contributed by atoms with van der Waals surface area (Å²) in [6.07, 6.45) is 1.59. The van der Waals surface area contributed by atoms with Crippen LogP contribution in [0.25, 0.3) is 22.3 Å². The van der Waals surface area contributed by atoms with Gasteiger partial charge in [-0.15, -0.1) is 0 Å². The normalized spacial score (nSPS) is 13.2. The van der Waals surface area contributed by atoms with Crippen LogP contribution >= 0.6 is 0 Å². The maximum Gasteiger partial charge on any atom is 0.337 e. The van der Waals surface area contributed by atoms with Crippen LogP contribution in [0.2, 0.25) is 0 Å². The van der Waals surface area contributed by atoms with Gasteiger partial charge in [0.05, 0.1) is 23.7 Å². The van der Waals surface area contributed by atoms with Gasteiger partial charge in [0.15, 0.2) is 5.82 Å². The molecular weight excluding hydrogens is 412 g/mol. The third-order valence-electron chi connectivity index (χ3n) is 5.60. The molecule has 0 saturated carbocycles. The number of aromatic nitrogens is 2. The molecule has 0 N–H and O–H groups in total. The number of ether oxygens (including phenoxy) is 1. The van der Waals surface area contributed by atoms with Crippen molar-refractivity contribution < 1.29 is 18.3 Å². The highest BCUT2D eigenvalue weighted by Crippen LogP contribution is 2.38. The van der Waals surface area contributed by atoms with Crippen molar-refractivity contribution in [1.29, 1.82) is 0 Å². The minimum absolute atomic E-state index is 0.281. The molecule has 160 valence electrons. The van der Waals surface area contributed by atoms with Gasteiger partial charge >= 0.3 is 5.97 Å². The number of methoxy groups -OCH3 is 1. The first-order valence-corrected chi connectivity index (χ1v) is 10.3. The third kappa shape index (κ3) is 3.56. The standard InChI is InChI=1S/C25H19F2N3O2/c1-32-25(31)17-6-10-20-21(14-17)29-24(23(28-20)15-4-7-18(26)8-5-15)30-12-2-3-16-13-19(27)9-11-22(16)30/h4-11,13-14H,2-3,12H2,1H3. The third-order valence-corrected chi connectivity index (χ3v) is 5.60. The van der Waals surface area contributed by atoms with Crippen molar-refractivity contribution in [2.45, 2.75) is 12.8 Å². The van der Waals surface area contributed by atoms with Gasteiger partial charge in [-0.2, -0.15) is 0 Å². The Labute approximate surface area is 183 Å². The van der Waals surface area contributed by atoms with Crippen molar-refractivity contribution in [1.82, 2.24) is 9.97 Å². The molecule has 1 aliphatic heterocycles. The van der Waals surface area contributed by atoms with E-state index in [2.05, 4.69) is 0 Å². The highest BCUT2D eigenvalue weighted by Gasteiger charge is 2.24. The average Bonchev–Trinajstić information content (AvgIpc) is 2.82. The molecule has 7 heteroatoms. The van der Waals surface area contributed by atoms with Crippen LogP contribution in [0.4, 0.5) is 20.3 Å². The van der Waals surface area contributed by atoms with Gasteiger partial charge in [0.2, 0.25) is 0 Å².